The highest BCUT2D eigenvalue weighted by atomic mass is 28.3. The molecule has 0 bridgehead atoms. The van der Waals surface area contributed by atoms with Crippen molar-refractivity contribution in [2.75, 3.05) is 6.79 Å². The Bertz CT molecular complexity index is 58.0. The van der Waals surface area contributed by atoms with E-state index in [2.05, 4.69) is 26.2 Å². The summed E-state index contributed by atoms with van der Waals surface area (Å²) in [7, 11) is -1.08. The zero-order chi connectivity index (χ0) is 7.28. The van der Waals surface area contributed by atoms with Crippen LogP contribution >= 0.6 is 0 Å². The Kier molecular flexibility index (Phi) is 5.37. The van der Waals surface area contributed by atoms with Gasteiger partial charge in [-0.05, 0) is 26.2 Å². The fourth-order valence-electron chi connectivity index (χ4n) is 0.265. The van der Waals surface area contributed by atoms with Crippen LogP contribution in [0.4, 0.5) is 0 Å². The topological polar surface area (TPSA) is 18.5 Å². The summed E-state index contributed by atoms with van der Waals surface area (Å²) >= 11 is 0. The van der Waals surface area contributed by atoms with Gasteiger partial charge in [0.25, 0.3) is 0 Å². The summed E-state index contributed by atoms with van der Waals surface area (Å²) in [5.74, 6) is 0. The Morgan fingerprint density at radius 1 is 0.889 bits per heavy atom. The summed E-state index contributed by atoms with van der Waals surface area (Å²) in [5.41, 5.74) is 0. The van der Waals surface area contributed by atoms with E-state index < -0.39 is 18.1 Å². The second-order valence-corrected chi connectivity index (χ2v) is 6.43. The molecule has 2 radical (unpaired) electrons. The fraction of sp³-hybridized carbons (Fsp3) is 1.00. The third kappa shape index (κ3) is 8.35. The SMILES string of the molecule is C[Si](C)OCO[Si](C)C. The van der Waals surface area contributed by atoms with E-state index in [4.69, 9.17) is 8.85 Å². The molecule has 0 atom stereocenters. The van der Waals surface area contributed by atoms with E-state index in [9.17, 15) is 0 Å². The molecular weight excluding hydrogens is 148 g/mol. The maximum absolute atomic E-state index is 5.26. The average molecular weight is 162 g/mol. The molecule has 54 valence electrons. The Morgan fingerprint density at radius 3 is 1.44 bits per heavy atom. The third-order valence-electron chi connectivity index (χ3n) is 0.695. The molecule has 0 saturated heterocycles. The molecule has 9 heavy (non-hydrogen) atoms. The minimum absolute atomic E-state index is 0.503. The van der Waals surface area contributed by atoms with Crippen LogP contribution in [0.5, 0.6) is 0 Å². The summed E-state index contributed by atoms with van der Waals surface area (Å²) in [6.07, 6.45) is 0. The zero-order valence-electron chi connectivity index (χ0n) is 6.52. The van der Waals surface area contributed by atoms with Gasteiger partial charge in [0.05, 0.1) is 0 Å². The minimum Gasteiger partial charge on any atom is -0.396 e. The molecule has 2 nitrogen and oxygen atoms in total. The van der Waals surface area contributed by atoms with E-state index in [0.717, 1.165) is 0 Å². The standard InChI is InChI=1S/C5H14O2Si2/c1-8(2)6-5-7-9(3)4/h5H2,1-4H3. The van der Waals surface area contributed by atoms with E-state index in [1.165, 1.54) is 0 Å². The van der Waals surface area contributed by atoms with Crippen molar-refractivity contribution in [2.45, 2.75) is 26.2 Å². The van der Waals surface area contributed by atoms with Crippen LogP contribution in [0, 0.1) is 0 Å². The van der Waals surface area contributed by atoms with Crippen molar-refractivity contribution >= 4 is 18.1 Å². The van der Waals surface area contributed by atoms with Gasteiger partial charge in [0.1, 0.15) is 6.79 Å². The van der Waals surface area contributed by atoms with Gasteiger partial charge < -0.3 is 8.85 Å². The average Bonchev–Trinajstić information content (AvgIpc) is 1.63. The molecule has 0 unspecified atom stereocenters. The van der Waals surface area contributed by atoms with Crippen LogP contribution in [0.25, 0.3) is 0 Å². The minimum atomic E-state index is -0.539. The fourth-order valence-corrected chi connectivity index (χ4v) is 0.972. The summed E-state index contributed by atoms with van der Waals surface area (Å²) in [4.78, 5) is 0. The summed E-state index contributed by atoms with van der Waals surface area (Å²) in [6, 6.07) is 0. The molecule has 0 aromatic carbocycles. The predicted molar refractivity (Wildman–Crippen MR) is 42.0 cm³/mol. The molecule has 0 heterocycles. The Labute approximate surface area is 60.6 Å². The van der Waals surface area contributed by atoms with E-state index >= 15 is 0 Å². The van der Waals surface area contributed by atoms with Gasteiger partial charge in [0, 0.05) is 0 Å². The van der Waals surface area contributed by atoms with Gasteiger partial charge in [-0.3, -0.25) is 0 Å². The van der Waals surface area contributed by atoms with Gasteiger partial charge in [-0.1, -0.05) is 0 Å². The van der Waals surface area contributed by atoms with Crippen molar-refractivity contribution in [1.82, 2.24) is 0 Å². The molecular formula is C5H14O2Si2. The first-order chi connectivity index (χ1) is 4.13. The van der Waals surface area contributed by atoms with Gasteiger partial charge in [-0.15, -0.1) is 0 Å². The summed E-state index contributed by atoms with van der Waals surface area (Å²) in [6.45, 7) is 8.91. The lowest BCUT2D eigenvalue weighted by atomic mass is 11.6. The molecule has 0 fully saturated rings. The van der Waals surface area contributed by atoms with Crippen LogP contribution in [0.2, 0.25) is 26.2 Å². The molecule has 0 aliphatic rings. The van der Waals surface area contributed by atoms with Crippen LogP contribution in [0.1, 0.15) is 0 Å². The first kappa shape index (κ1) is 9.35. The van der Waals surface area contributed by atoms with Crippen LogP contribution in [0.3, 0.4) is 0 Å². The van der Waals surface area contributed by atoms with Crippen molar-refractivity contribution in [3.8, 4) is 0 Å². The molecule has 0 amide bonds. The quantitative estimate of drug-likeness (QED) is 0.460. The van der Waals surface area contributed by atoms with Crippen molar-refractivity contribution in [1.29, 1.82) is 0 Å². The van der Waals surface area contributed by atoms with Gasteiger partial charge in [0.2, 0.25) is 18.1 Å². The molecule has 0 N–H and O–H groups in total. The van der Waals surface area contributed by atoms with Crippen LogP contribution in [0.15, 0.2) is 0 Å². The molecule has 0 aliphatic carbocycles. The predicted octanol–water partition coefficient (Wildman–Crippen LogP) is 1.48. The van der Waals surface area contributed by atoms with Crippen molar-refractivity contribution in [3.05, 3.63) is 0 Å². The maximum atomic E-state index is 5.26. The lowest BCUT2D eigenvalue weighted by Crippen LogP contribution is -2.16. The smallest absolute Gasteiger partial charge is 0.208 e. The second kappa shape index (κ2) is 5.16. The van der Waals surface area contributed by atoms with Gasteiger partial charge in [0.15, 0.2) is 0 Å². The maximum Gasteiger partial charge on any atom is 0.208 e. The highest BCUT2D eigenvalue weighted by Gasteiger charge is 1.98. The lowest BCUT2D eigenvalue weighted by Gasteiger charge is -2.07. The first-order valence-electron chi connectivity index (χ1n) is 2.99. The Balaban J connectivity index is 2.91. The van der Waals surface area contributed by atoms with Crippen molar-refractivity contribution in [2.24, 2.45) is 0 Å². The number of rotatable bonds is 4. The Morgan fingerprint density at radius 2 is 1.22 bits per heavy atom. The highest BCUT2D eigenvalue weighted by Crippen LogP contribution is 1.87. The molecule has 0 aromatic heterocycles. The van der Waals surface area contributed by atoms with Crippen molar-refractivity contribution in [3.63, 3.8) is 0 Å². The number of hydrogen-bond donors (Lipinski definition) is 0. The molecule has 0 spiro atoms. The molecule has 4 heteroatoms. The molecule has 0 rings (SSSR count). The monoisotopic (exact) mass is 162 g/mol. The third-order valence-corrected chi connectivity index (χ3v) is 2.09. The van der Waals surface area contributed by atoms with E-state index in [-0.39, 0.29) is 0 Å². The van der Waals surface area contributed by atoms with E-state index in [1.807, 2.05) is 0 Å². The van der Waals surface area contributed by atoms with Crippen LogP contribution in [-0.4, -0.2) is 24.9 Å². The van der Waals surface area contributed by atoms with Gasteiger partial charge >= 0.3 is 0 Å². The van der Waals surface area contributed by atoms with E-state index in [1.54, 1.807) is 0 Å². The lowest BCUT2D eigenvalue weighted by molar-refractivity contribution is 0.121. The second-order valence-electron chi connectivity index (χ2n) is 2.22. The summed E-state index contributed by atoms with van der Waals surface area (Å²) < 4.78 is 10.5. The Hall–Kier alpha value is 0.354. The molecule has 0 aromatic rings. The first-order valence-corrected chi connectivity index (χ1v) is 7.80. The van der Waals surface area contributed by atoms with Crippen LogP contribution < -0.4 is 0 Å². The number of hydrogen-bond acceptors (Lipinski definition) is 2. The largest absolute Gasteiger partial charge is 0.396 e. The van der Waals surface area contributed by atoms with Crippen LogP contribution in [-0.2, 0) is 8.85 Å². The van der Waals surface area contributed by atoms with Gasteiger partial charge in [-0.25, -0.2) is 0 Å². The van der Waals surface area contributed by atoms with Crippen molar-refractivity contribution < 1.29 is 8.85 Å². The highest BCUT2D eigenvalue weighted by molar-refractivity contribution is 6.49. The molecule has 0 aliphatic heterocycles. The van der Waals surface area contributed by atoms with Gasteiger partial charge in [-0.2, -0.15) is 0 Å². The van der Waals surface area contributed by atoms with E-state index in [0.29, 0.717) is 6.79 Å². The normalized spacial score (nSPS) is 11.3. The zero-order valence-corrected chi connectivity index (χ0v) is 8.52. The summed E-state index contributed by atoms with van der Waals surface area (Å²) in [5, 5.41) is 0. The molecule has 0 saturated carbocycles.